The Morgan fingerprint density at radius 1 is 1.06 bits per heavy atom. The van der Waals surface area contributed by atoms with Crippen LogP contribution < -0.4 is 10.6 Å². The van der Waals surface area contributed by atoms with Crippen LogP contribution in [0.3, 0.4) is 0 Å². The van der Waals surface area contributed by atoms with Crippen LogP contribution in [0.15, 0.2) is 54.6 Å². The quantitative estimate of drug-likeness (QED) is 0.494. The predicted molar refractivity (Wildman–Crippen MR) is 130 cm³/mol. The van der Waals surface area contributed by atoms with Crippen molar-refractivity contribution in [3.05, 3.63) is 71.4 Å². The maximum Gasteiger partial charge on any atom is 0.407 e. The summed E-state index contributed by atoms with van der Waals surface area (Å²) in [5.41, 5.74) is 3.71. The second-order valence-corrected chi connectivity index (χ2v) is 9.60. The highest BCUT2D eigenvalue weighted by atomic mass is 16.5. The maximum atomic E-state index is 13.0. The Labute approximate surface area is 203 Å². The fourth-order valence-electron chi connectivity index (χ4n) is 4.36. The number of carbonyl (C=O) groups is 3. The number of fused-ring (bicyclic) bond motifs is 3. The van der Waals surface area contributed by atoms with E-state index in [1.54, 1.807) is 0 Å². The molecule has 3 aromatic rings. The highest BCUT2D eigenvalue weighted by molar-refractivity contribution is 5.97. The first-order valence-electron chi connectivity index (χ1n) is 11.3. The van der Waals surface area contributed by atoms with Crippen LogP contribution in [0.5, 0.6) is 0 Å². The summed E-state index contributed by atoms with van der Waals surface area (Å²) in [7, 11) is 1.47. The van der Waals surface area contributed by atoms with Gasteiger partial charge in [-0.3, -0.25) is 9.48 Å². The van der Waals surface area contributed by atoms with E-state index in [1.807, 2.05) is 57.2 Å². The van der Waals surface area contributed by atoms with Crippen molar-refractivity contribution in [2.45, 2.75) is 32.7 Å². The van der Waals surface area contributed by atoms with Gasteiger partial charge in [-0.1, -0.05) is 69.3 Å². The standard InChI is InChI=1S/C26H28N4O5/c1-26(2,3)22(23(31)27-21-13-20(24(32)33)30(4)29-21)28-25(34)35-14-19-17-11-7-5-9-15(17)16-10-6-8-12-18(16)19/h5-13,19,22H,14H2,1-4H3,(H,28,34)(H,32,33)(H,27,29,31)/t22-/m1/s1. The Morgan fingerprint density at radius 3 is 2.14 bits per heavy atom. The number of alkyl carbamates (subject to hydrolysis) is 1. The number of carboxylic acids is 1. The molecule has 1 atom stereocenters. The second-order valence-electron chi connectivity index (χ2n) is 9.60. The largest absolute Gasteiger partial charge is 0.477 e. The van der Waals surface area contributed by atoms with E-state index in [0.717, 1.165) is 26.9 Å². The molecule has 1 aliphatic carbocycles. The van der Waals surface area contributed by atoms with E-state index >= 15 is 0 Å². The molecule has 182 valence electrons. The Kier molecular flexibility index (Phi) is 6.34. The van der Waals surface area contributed by atoms with Crippen LogP contribution in [0.1, 0.15) is 48.3 Å². The average Bonchev–Trinajstić information content (AvgIpc) is 3.32. The van der Waals surface area contributed by atoms with Crippen LogP contribution in [0.25, 0.3) is 11.1 Å². The first-order valence-corrected chi connectivity index (χ1v) is 11.3. The second kappa shape index (κ2) is 9.25. The van der Waals surface area contributed by atoms with Crippen molar-refractivity contribution in [3.63, 3.8) is 0 Å². The van der Waals surface area contributed by atoms with Gasteiger partial charge in [0.2, 0.25) is 5.91 Å². The van der Waals surface area contributed by atoms with Gasteiger partial charge in [-0.25, -0.2) is 9.59 Å². The number of hydrogen-bond donors (Lipinski definition) is 3. The topological polar surface area (TPSA) is 123 Å². The lowest BCUT2D eigenvalue weighted by Gasteiger charge is -2.29. The van der Waals surface area contributed by atoms with Gasteiger partial charge >= 0.3 is 12.1 Å². The van der Waals surface area contributed by atoms with E-state index in [-0.39, 0.29) is 24.0 Å². The van der Waals surface area contributed by atoms with Gasteiger partial charge in [-0.2, -0.15) is 5.10 Å². The minimum atomic E-state index is -1.16. The normalized spacial score (nSPS) is 13.5. The number of aryl methyl sites for hydroxylation is 1. The summed E-state index contributed by atoms with van der Waals surface area (Å²) in [4.78, 5) is 37.0. The van der Waals surface area contributed by atoms with E-state index in [2.05, 4.69) is 27.9 Å². The zero-order valence-corrected chi connectivity index (χ0v) is 20.0. The molecule has 2 amide bonds. The molecule has 1 heterocycles. The van der Waals surface area contributed by atoms with Gasteiger partial charge in [0.05, 0.1) is 0 Å². The number of amides is 2. The van der Waals surface area contributed by atoms with Crippen molar-refractivity contribution in [1.29, 1.82) is 0 Å². The monoisotopic (exact) mass is 476 g/mol. The van der Waals surface area contributed by atoms with Crippen molar-refractivity contribution in [2.75, 3.05) is 11.9 Å². The minimum Gasteiger partial charge on any atom is -0.477 e. The molecule has 0 unspecified atom stereocenters. The Morgan fingerprint density at radius 2 is 1.63 bits per heavy atom. The summed E-state index contributed by atoms with van der Waals surface area (Å²) < 4.78 is 6.75. The Hall–Kier alpha value is -4.14. The lowest BCUT2D eigenvalue weighted by molar-refractivity contribution is -0.120. The molecule has 3 N–H and O–H groups in total. The molecule has 9 heteroatoms. The minimum absolute atomic E-state index is 0.0721. The molecule has 9 nitrogen and oxygen atoms in total. The molecular formula is C26H28N4O5. The molecule has 0 fully saturated rings. The molecule has 0 bridgehead atoms. The number of aromatic carboxylic acids is 1. The van der Waals surface area contributed by atoms with Crippen molar-refractivity contribution in [1.82, 2.24) is 15.1 Å². The highest BCUT2D eigenvalue weighted by Crippen LogP contribution is 2.44. The zero-order valence-electron chi connectivity index (χ0n) is 20.0. The lowest BCUT2D eigenvalue weighted by atomic mass is 9.86. The van der Waals surface area contributed by atoms with Gasteiger partial charge in [0.15, 0.2) is 5.82 Å². The first-order chi connectivity index (χ1) is 16.6. The number of ether oxygens (including phenoxy) is 1. The number of carboxylic acid groups (broad SMARTS) is 1. The molecule has 0 saturated carbocycles. The molecule has 0 aliphatic heterocycles. The van der Waals surface area contributed by atoms with Gasteiger partial charge < -0.3 is 20.5 Å². The summed E-state index contributed by atoms with van der Waals surface area (Å²) in [6.45, 7) is 5.55. The van der Waals surface area contributed by atoms with E-state index < -0.39 is 29.4 Å². The number of aromatic nitrogens is 2. The maximum absolute atomic E-state index is 13.0. The smallest absolute Gasteiger partial charge is 0.407 e. The molecule has 1 aromatic heterocycles. The Balaban J connectivity index is 1.45. The van der Waals surface area contributed by atoms with Gasteiger partial charge in [0.1, 0.15) is 18.3 Å². The lowest BCUT2D eigenvalue weighted by Crippen LogP contribution is -2.51. The van der Waals surface area contributed by atoms with Crippen LogP contribution in [0.4, 0.5) is 10.6 Å². The van der Waals surface area contributed by atoms with Crippen molar-refractivity contribution in [2.24, 2.45) is 12.5 Å². The van der Waals surface area contributed by atoms with Crippen LogP contribution in [-0.2, 0) is 16.6 Å². The predicted octanol–water partition coefficient (Wildman–Crippen LogP) is 4.01. The molecule has 0 saturated heterocycles. The summed E-state index contributed by atoms with van der Waals surface area (Å²) in [5.74, 6) is -1.71. The average molecular weight is 477 g/mol. The van der Waals surface area contributed by atoms with Crippen molar-refractivity contribution < 1.29 is 24.2 Å². The van der Waals surface area contributed by atoms with Gasteiger partial charge in [-0.15, -0.1) is 0 Å². The number of rotatable bonds is 6. The molecule has 2 aromatic carbocycles. The van der Waals surface area contributed by atoms with Gasteiger partial charge in [0, 0.05) is 19.0 Å². The Bertz CT molecular complexity index is 1250. The van der Waals surface area contributed by atoms with Crippen LogP contribution in [0, 0.1) is 5.41 Å². The summed E-state index contributed by atoms with van der Waals surface area (Å²) in [6.07, 6.45) is -0.714. The van der Waals surface area contributed by atoms with Crippen LogP contribution in [0.2, 0.25) is 0 Å². The summed E-state index contributed by atoms with van der Waals surface area (Å²) >= 11 is 0. The van der Waals surface area contributed by atoms with E-state index in [1.165, 1.54) is 13.1 Å². The van der Waals surface area contributed by atoms with E-state index in [0.29, 0.717) is 0 Å². The van der Waals surface area contributed by atoms with Crippen LogP contribution in [-0.4, -0.2) is 45.5 Å². The number of benzene rings is 2. The van der Waals surface area contributed by atoms with E-state index in [9.17, 15) is 19.5 Å². The first kappa shape index (κ1) is 24.0. The van der Waals surface area contributed by atoms with Crippen LogP contribution >= 0.6 is 0 Å². The number of nitrogens with one attached hydrogen (secondary N) is 2. The van der Waals surface area contributed by atoms with Crippen molar-refractivity contribution in [3.8, 4) is 11.1 Å². The molecule has 1 aliphatic rings. The van der Waals surface area contributed by atoms with Gasteiger partial charge in [-0.05, 0) is 27.7 Å². The number of hydrogen-bond acceptors (Lipinski definition) is 5. The molecular weight excluding hydrogens is 448 g/mol. The third-order valence-electron chi connectivity index (χ3n) is 6.08. The summed E-state index contributed by atoms with van der Waals surface area (Å²) in [6, 6.07) is 16.4. The fourth-order valence-corrected chi connectivity index (χ4v) is 4.36. The third kappa shape index (κ3) is 4.89. The zero-order chi connectivity index (χ0) is 25.3. The fraction of sp³-hybridized carbons (Fsp3) is 0.308. The molecule has 4 rings (SSSR count). The van der Waals surface area contributed by atoms with E-state index in [4.69, 9.17) is 4.74 Å². The molecule has 35 heavy (non-hydrogen) atoms. The van der Waals surface area contributed by atoms with Crippen molar-refractivity contribution >= 4 is 23.8 Å². The third-order valence-corrected chi connectivity index (χ3v) is 6.08. The number of anilines is 1. The molecule has 0 radical (unpaired) electrons. The van der Waals surface area contributed by atoms with Gasteiger partial charge in [0.25, 0.3) is 0 Å². The number of carbonyl (C=O) groups excluding carboxylic acids is 2. The molecule has 0 spiro atoms. The summed E-state index contributed by atoms with van der Waals surface area (Å²) in [5, 5.41) is 18.5. The SMILES string of the molecule is Cn1nc(NC(=O)[C@@H](NC(=O)OCC2c3ccccc3-c3ccccc32)C(C)(C)C)cc1C(=O)O. The highest BCUT2D eigenvalue weighted by Gasteiger charge is 2.35. The number of nitrogens with zero attached hydrogens (tertiary/aromatic N) is 2.